The Kier molecular flexibility index (Phi) is 4.58. The summed E-state index contributed by atoms with van der Waals surface area (Å²) in [5.41, 5.74) is 2.31. The quantitative estimate of drug-likeness (QED) is 0.797. The molecular weight excluding hydrogens is 236 g/mol. The van der Waals surface area contributed by atoms with Crippen molar-refractivity contribution in [3.8, 4) is 5.75 Å². The van der Waals surface area contributed by atoms with Gasteiger partial charge in [-0.2, -0.15) is 0 Å². The summed E-state index contributed by atoms with van der Waals surface area (Å²) in [5.74, 6) is 0.861. The summed E-state index contributed by atoms with van der Waals surface area (Å²) in [6, 6.07) is 18.3. The molecule has 1 atom stereocenters. The lowest BCUT2D eigenvalue weighted by atomic mass is 10.0. The summed E-state index contributed by atoms with van der Waals surface area (Å²) in [5, 5.41) is 0. The molecule has 0 saturated heterocycles. The van der Waals surface area contributed by atoms with E-state index in [9.17, 15) is 0 Å². The summed E-state index contributed by atoms with van der Waals surface area (Å²) in [4.78, 5) is 0. The Morgan fingerprint density at radius 3 is 1.89 bits per heavy atom. The third-order valence-corrected chi connectivity index (χ3v) is 2.93. The number of hydrogen-bond donors (Lipinski definition) is 0. The first-order valence-electron chi connectivity index (χ1n) is 6.55. The van der Waals surface area contributed by atoms with E-state index in [1.165, 1.54) is 5.56 Å². The zero-order chi connectivity index (χ0) is 13.7. The van der Waals surface area contributed by atoms with Gasteiger partial charge < -0.3 is 9.47 Å². The van der Waals surface area contributed by atoms with Crippen LogP contribution in [0, 0.1) is 0 Å². The van der Waals surface area contributed by atoms with Crippen molar-refractivity contribution in [2.24, 2.45) is 0 Å². The molecule has 0 spiro atoms. The van der Waals surface area contributed by atoms with E-state index >= 15 is 0 Å². The first-order valence-corrected chi connectivity index (χ1v) is 6.55. The summed E-state index contributed by atoms with van der Waals surface area (Å²) in [6.07, 6.45) is 0.138. The highest BCUT2D eigenvalue weighted by Gasteiger charge is 2.16. The zero-order valence-electron chi connectivity index (χ0n) is 11.7. The molecule has 0 aliphatic carbocycles. The normalized spacial score (nSPS) is 12.4. The van der Waals surface area contributed by atoms with Crippen molar-refractivity contribution in [2.45, 2.75) is 26.1 Å². The van der Waals surface area contributed by atoms with Crippen LogP contribution in [-0.4, -0.2) is 13.2 Å². The van der Waals surface area contributed by atoms with Crippen LogP contribution in [0.3, 0.4) is 0 Å². The maximum atomic E-state index is 6.06. The second kappa shape index (κ2) is 6.39. The van der Waals surface area contributed by atoms with Gasteiger partial charge >= 0.3 is 0 Å². The lowest BCUT2D eigenvalue weighted by Crippen LogP contribution is -2.11. The fourth-order valence-corrected chi connectivity index (χ4v) is 2.03. The molecule has 0 bridgehead atoms. The van der Waals surface area contributed by atoms with Gasteiger partial charge in [-0.15, -0.1) is 0 Å². The molecule has 2 nitrogen and oxygen atoms in total. The monoisotopic (exact) mass is 256 g/mol. The molecule has 2 aromatic rings. The second-order valence-corrected chi connectivity index (χ2v) is 4.75. The maximum absolute atomic E-state index is 6.06. The third kappa shape index (κ3) is 3.58. The van der Waals surface area contributed by atoms with Crippen molar-refractivity contribution >= 4 is 0 Å². The molecule has 0 aliphatic rings. The third-order valence-electron chi connectivity index (χ3n) is 2.93. The van der Waals surface area contributed by atoms with Crippen LogP contribution in [0.4, 0.5) is 0 Å². The molecule has 0 N–H and O–H groups in total. The van der Waals surface area contributed by atoms with Crippen LogP contribution < -0.4 is 4.74 Å². The lowest BCUT2D eigenvalue weighted by Gasteiger charge is -2.21. The molecule has 0 heterocycles. The van der Waals surface area contributed by atoms with Crippen LogP contribution in [0.2, 0.25) is 0 Å². The zero-order valence-corrected chi connectivity index (χ0v) is 11.7. The highest BCUT2D eigenvalue weighted by Crippen LogP contribution is 2.28. The number of benzene rings is 2. The number of methoxy groups -OCH3 is 1. The smallest absolute Gasteiger partial charge is 0.118 e. The minimum absolute atomic E-state index is 0.0351. The summed E-state index contributed by atoms with van der Waals surface area (Å²) >= 11 is 0. The summed E-state index contributed by atoms with van der Waals surface area (Å²) < 4.78 is 11.3. The van der Waals surface area contributed by atoms with Gasteiger partial charge in [0.25, 0.3) is 0 Å². The minimum Gasteiger partial charge on any atom is -0.497 e. The molecule has 1 unspecified atom stereocenters. The molecule has 0 fully saturated rings. The average Bonchev–Trinajstić information content (AvgIpc) is 2.46. The predicted octanol–water partition coefficient (Wildman–Crippen LogP) is 4.21. The first-order chi connectivity index (χ1) is 9.20. The summed E-state index contributed by atoms with van der Waals surface area (Å²) in [7, 11) is 1.67. The van der Waals surface area contributed by atoms with Gasteiger partial charge in [0.1, 0.15) is 11.9 Å². The maximum Gasteiger partial charge on any atom is 0.118 e. The minimum atomic E-state index is -0.0351. The number of ether oxygens (including phenoxy) is 2. The first kappa shape index (κ1) is 13.6. The Morgan fingerprint density at radius 2 is 1.37 bits per heavy atom. The molecule has 0 saturated carbocycles. The van der Waals surface area contributed by atoms with Gasteiger partial charge in [0, 0.05) is 0 Å². The molecule has 0 amide bonds. The molecular formula is C17H20O2. The van der Waals surface area contributed by atoms with E-state index in [0.717, 1.165) is 11.3 Å². The van der Waals surface area contributed by atoms with Crippen LogP contribution in [0.5, 0.6) is 5.75 Å². The summed E-state index contributed by atoms with van der Waals surface area (Å²) in [6.45, 7) is 4.11. The Labute approximate surface area is 115 Å². The highest BCUT2D eigenvalue weighted by molar-refractivity contribution is 5.34. The predicted molar refractivity (Wildman–Crippen MR) is 77.5 cm³/mol. The largest absolute Gasteiger partial charge is 0.497 e. The van der Waals surface area contributed by atoms with E-state index in [0.29, 0.717) is 0 Å². The van der Waals surface area contributed by atoms with Crippen LogP contribution in [0.1, 0.15) is 31.1 Å². The van der Waals surface area contributed by atoms with Gasteiger partial charge in [0.15, 0.2) is 0 Å². The van der Waals surface area contributed by atoms with E-state index in [1.807, 2.05) is 30.3 Å². The van der Waals surface area contributed by atoms with E-state index in [-0.39, 0.29) is 12.2 Å². The van der Waals surface area contributed by atoms with Gasteiger partial charge in [0.05, 0.1) is 13.2 Å². The van der Waals surface area contributed by atoms with E-state index in [1.54, 1.807) is 7.11 Å². The standard InChI is InChI=1S/C17H20O2/c1-13(2)19-17(14-7-5-4-6-8-14)15-9-11-16(18-3)12-10-15/h4-13,17H,1-3H3. The van der Waals surface area contributed by atoms with Crippen LogP contribution >= 0.6 is 0 Å². The van der Waals surface area contributed by atoms with Crippen LogP contribution in [0.15, 0.2) is 54.6 Å². The van der Waals surface area contributed by atoms with Crippen molar-refractivity contribution < 1.29 is 9.47 Å². The van der Waals surface area contributed by atoms with Crippen molar-refractivity contribution in [2.75, 3.05) is 7.11 Å². The molecule has 0 aromatic heterocycles. The molecule has 2 aromatic carbocycles. The Bertz CT molecular complexity index is 488. The van der Waals surface area contributed by atoms with Crippen LogP contribution in [0.25, 0.3) is 0 Å². The van der Waals surface area contributed by atoms with Gasteiger partial charge in [-0.1, -0.05) is 42.5 Å². The lowest BCUT2D eigenvalue weighted by molar-refractivity contribution is 0.0304. The molecule has 100 valence electrons. The molecule has 2 rings (SSSR count). The van der Waals surface area contributed by atoms with Crippen molar-refractivity contribution in [3.05, 3.63) is 65.7 Å². The van der Waals surface area contributed by atoms with E-state index < -0.39 is 0 Å². The second-order valence-electron chi connectivity index (χ2n) is 4.75. The fourth-order valence-electron chi connectivity index (χ4n) is 2.03. The SMILES string of the molecule is COc1ccc(C(OC(C)C)c2ccccc2)cc1. The van der Waals surface area contributed by atoms with Gasteiger partial charge in [-0.25, -0.2) is 0 Å². The van der Waals surface area contributed by atoms with E-state index in [4.69, 9.17) is 9.47 Å². The van der Waals surface area contributed by atoms with Crippen LogP contribution in [-0.2, 0) is 4.74 Å². The Hall–Kier alpha value is -1.80. The molecule has 19 heavy (non-hydrogen) atoms. The Morgan fingerprint density at radius 1 is 0.789 bits per heavy atom. The van der Waals surface area contributed by atoms with E-state index in [2.05, 4.69) is 38.1 Å². The van der Waals surface area contributed by atoms with Gasteiger partial charge in [0.2, 0.25) is 0 Å². The van der Waals surface area contributed by atoms with Crippen molar-refractivity contribution in [1.82, 2.24) is 0 Å². The Balaban J connectivity index is 2.31. The fraction of sp³-hybridized carbons (Fsp3) is 0.294. The average molecular weight is 256 g/mol. The van der Waals surface area contributed by atoms with Gasteiger partial charge in [-0.05, 0) is 37.1 Å². The molecule has 2 heteroatoms. The van der Waals surface area contributed by atoms with Gasteiger partial charge in [-0.3, -0.25) is 0 Å². The molecule has 0 aliphatic heterocycles. The number of hydrogen-bond acceptors (Lipinski definition) is 2. The molecule has 0 radical (unpaired) electrons. The van der Waals surface area contributed by atoms with Crippen molar-refractivity contribution in [1.29, 1.82) is 0 Å². The van der Waals surface area contributed by atoms with Crippen molar-refractivity contribution in [3.63, 3.8) is 0 Å². The highest BCUT2D eigenvalue weighted by atomic mass is 16.5. The topological polar surface area (TPSA) is 18.5 Å². The number of rotatable bonds is 5.